The molecule has 6 heteroatoms. The zero-order chi connectivity index (χ0) is 18.5. The Balaban J connectivity index is 1.47. The minimum Gasteiger partial charge on any atom is -0.354 e. The Bertz CT molecular complexity index is 774. The van der Waals surface area contributed by atoms with Gasteiger partial charge < -0.3 is 10.6 Å². The van der Waals surface area contributed by atoms with E-state index in [1.165, 1.54) is 0 Å². The maximum atomic E-state index is 12.2. The zero-order valence-corrected chi connectivity index (χ0v) is 15.4. The number of benzene rings is 1. The number of nitrogens with zero attached hydrogens (tertiary/aromatic N) is 2. The van der Waals surface area contributed by atoms with Crippen molar-refractivity contribution in [2.45, 2.75) is 39.5 Å². The lowest BCUT2D eigenvalue weighted by atomic mass is 10.1. The standard InChI is InChI=1S/C20H26N4O2/c1-14-13-15(2)24(23-14)18-9-7-17(8-10-18)20(26)22-12-11-21-19(25)16-5-3-4-6-16/h7-10,13,16H,3-6,11-12H2,1-2H3,(H,21,25)(H,22,26). The third-order valence-corrected chi connectivity index (χ3v) is 4.82. The number of aryl methyl sites for hydroxylation is 2. The molecule has 138 valence electrons. The van der Waals surface area contributed by atoms with Crippen LogP contribution in [0.3, 0.4) is 0 Å². The second-order valence-electron chi connectivity index (χ2n) is 6.91. The van der Waals surface area contributed by atoms with Gasteiger partial charge in [0.05, 0.1) is 11.4 Å². The largest absolute Gasteiger partial charge is 0.354 e. The van der Waals surface area contributed by atoms with E-state index in [9.17, 15) is 9.59 Å². The molecule has 1 aliphatic carbocycles. The highest BCUT2D eigenvalue weighted by atomic mass is 16.2. The van der Waals surface area contributed by atoms with Crippen LogP contribution < -0.4 is 10.6 Å². The maximum absolute atomic E-state index is 12.2. The molecule has 0 atom stereocenters. The van der Waals surface area contributed by atoms with Gasteiger partial charge in [-0.2, -0.15) is 5.10 Å². The molecule has 1 aromatic heterocycles. The smallest absolute Gasteiger partial charge is 0.251 e. The summed E-state index contributed by atoms with van der Waals surface area (Å²) in [7, 11) is 0. The summed E-state index contributed by atoms with van der Waals surface area (Å²) in [5.41, 5.74) is 3.54. The average Bonchev–Trinajstić information content (AvgIpc) is 3.28. The fourth-order valence-corrected chi connectivity index (χ4v) is 3.44. The summed E-state index contributed by atoms with van der Waals surface area (Å²) in [6, 6.07) is 9.36. The molecule has 2 aromatic rings. The Kier molecular flexibility index (Phi) is 5.71. The highest BCUT2D eigenvalue weighted by Crippen LogP contribution is 2.24. The van der Waals surface area contributed by atoms with Crippen LogP contribution in [0.5, 0.6) is 0 Å². The number of carbonyl (C=O) groups excluding carboxylic acids is 2. The van der Waals surface area contributed by atoms with Crippen molar-refractivity contribution in [1.29, 1.82) is 0 Å². The number of nitrogens with one attached hydrogen (secondary N) is 2. The molecule has 0 aliphatic heterocycles. The summed E-state index contributed by atoms with van der Waals surface area (Å²) < 4.78 is 1.86. The second kappa shape index (κ2) is 8.17. The molecule has 1 heterocycles. The lowest BCUT2D eigenvalue weighted by Crippen LogP contribution is -2.37. The van der Waals surface area contributed by atoms with Crippen molar-refractivity contribution in [1.82, 2.24) is 20.4 Å². The van der Waals surface area contributed by atoms with Crippen molar-refractivity contribution in [3.63, 3.8) is 0 Å². The number of rotatable bonds is 6. The predicted octanol–water partition coefficient (Wildman–Crippen LogP) is 2.53. The molecule has 2 amide bonds. The van der Waals surface area contributed by atoms with E-state index < -0.39 is 0 Å². The number of hydrogen-bond acceptors (Lipinski definition) is 3. The van der Waals surface area contributed by atoms with E-state index in [1.807, 2.05) is 36.7 Å². The molecular weight excluding hydrogens is 328 g/mol. The van der Waals surface area contributed by atoms with Gasteiger partial charge in [0.15, 0.2) is 0 Å². The number of aromatic nitrogens is 2. The fraction of sp³-hybridized carbons (Fsp3) is 0.450. The molecule has 0 unspecified atom stereocenters. The van der Waals surface area contributed by atoms with Crippen LogP contribution in [0.25, 0.3) is 5.69 Å². The van der Waals surface area contributed by atoms with E-state index in [1.54, 1.807) is 12.1 Å². The summed E-state index contributed by atoms with van der Waals surface area (Å²) >= 11 is 0. The lowest BCUT2D eigenvalue weighted by molar-refractivity contribution is -0.124. The van der Waals surface area contributed by atoms with Crippen LogP contribution in [0.4, 0.5) is 0 Å². The first kappa shape index (κ1) is 18.2. The molecule has 1 aromatic carbocycles. The van der Waals surface area contributed by atoms with E-state index in [2.05, 4.69) is 15.7 Å². The molecule has 1 fully saturated rings. The van der Waals surface area contributed by atoms with Gasteiger partial charge in [-0.25, -0.2) is 4.68 Å². The molecule has 1 aliphatic rings. The Morgan fingerprint density at radius 2 is 1.73 bits per heavy atom. The van der Waals surface area contributed by atoms with Crippen molar-refractivity contribution in [2.24, 2.45) is 5.92 Å². The lowest BCUT2D eigenvalue weighted by Gasteiger charge is -2.11. The monoisotopic (exact) mass is 354 g/mol. The van der Waals surface area contributed by atoms with Gasteiger partial charge in [-0.1, -0.05) is 12.8 Å². The van der Waals surface area contributed by atoms with Gasteiger partial charge in [0, 0.05) is 30.3 Å². The average molecular weight is 354 g/mol. The number of hydrogen-bond donors (Lipinski definition) is 2. The summed E-state index contributed by atoms with van der Waals surface area (Å²) in [5, 5.41) is 10.2. The number of amides is 2. The summed E-state index contributed by atoms with van der Waals surface area (Å²) in [6.45, 7) is 4.85. The van der Waals surface area contributed by atoms with Crippen molar-refractivity contribution in [3.8, 4) is 5.69 Å². The molecule has 0 saturated heterocycles. The number of carbonyl (C=O) groups is 2. The molecule has 26 heavy (non-hydrogen) atoms. The van der Waals surface area contributed by atoms with Crippen molar-refractivity contribution >= 4 is 11.8 Å². The molecule has 2 N–H and O–H groups in total. The first-order chi connectivity index (χ1) is 12.5. The van der Waals surface area contributed by atoms with E-state index in [0.717, 1.165) is 42.8 Å². The van der Waals surface area contributed by atoms with Crippen LogP contribution in [0.15, 0.2) is 30.3 Å². The molecular formula is C20H26N4O2. The van der Waals surface area contributed by atoms with Crippen LogP contribution in [0.2, 0.25) is 0 Å². The Labute approximate surface area is 154 Å². The van der Waals surface area contributed by atoms with Gasteiger partial charge in [-0.15, -0.1) is 0 Å². The van der Waals surface area contributed by atoms with Gasteiger partial charge >= 0.3 is 0 Å². The van der Waals surface area contributed by atoms with Crippen LogP contribution in [0.1, 0.15) is 47.4 Å². The van der Waals surface area contributed by atoms with E-state index >= 15 is 0 Å². The fourth-order valence-electron chi connectivity index (χ4n) is 3.44. The first-order valence-corrected chi connectivity index (χ1v) is 9.24. The third kappa shape index (κ3) is 4.31. The van der Waals surface area contributed by atoms with Crippen molar-refractivity contribution < 1.29 is 9.59 Å². The highest BCUT2D eigenvalue weighted by Gasteiger charge is 2.21. The zero-order valence-electron chi connectivity index (χ0n) is 15.4. The first-order valence-electron chi connectivity index (χ1n) is 9.24. The quantitative estimate of drug-likeness (QED) is 0.783. The van der Waals surface area contributed by atoms with E-state index in [0.29, 0.717) is 18.7 Å². The second-order valence-corrected chi connectivity index (χ2v) is 6.91. The third-order valence-electron chi connectivity index (χ3n) is 4.82. The Morgan fingerprint density at radius 3 is 2.35 bits per heavy atom. The Morgan fingerprint density at radius 1 is 1.08 bits per heavy atom. The normalized spacial score (nSPS) is 14.4. The molecule has 1 saturated carbocycles. The van der Waals surface area contributed by atoms with Crippen LogP contribution in [-0.4, -0.2) is 34.7 Å². The van der Waals surface area contributed by atoms with Gasteiger partial charge in [-0.3, -0.25) is 9.59 Å². The highest BCUT2D eigenvalue weighted by molar-refractivity contribution is 5.94. The molecule has 0 spiro atoms. The topological polar surface area (TPSA) is 76.0 Å². The summed E-state index contributed by atoms with van der Waals surface area (Å²) in [4.78, 5) is 24.1. The van der Waals surface area contributed by atoms with Gasteiger partial charge in [-0.05, 0) is 57.0 Å². The molecule has 6 nitrogen and oxygen atoms in total. The van der Waals surface area contributed by atoms with Crippen molar-refractivity contribution in [2.75, 3.05) is 13.1 Å². The van der Waals surface area contributed by atoms with E-state index in [4.69, 9.17) is 0 Å². The van der Waals surface area contributed by atoms with E-state index in [-0.39, 0.29) is 17.7 Å². The molecule has 0 bridgehead atoms. The molecule has 3 rings (SSSR count). The predicted molar refractivity (Wildman–Crippen MR) is 100 cm³/mol. The minimum absolute atomic E-state index is 0.117. The van der Waals surface area contributed by atoms with Gasteiger partial charge in [0.1, 0.15) is 0 Å². The van der Waals surface area contributed by atoms with Crippen LogP contribution in [0, 0.1) is 19.8 Å². The van der Waals surface area contributed by atoms with Crippen molar-refractivity contribution in [3.05, 3.63) is 47.3 Å². The summed E-state index contributed by atoms with van der Waals surface area (Å²) in [6.07, 6.45) is 4.25. The van der Waals surface area contributed by atoms with Crippen LogP contribution in [-0.2, 0) is 4.79 Å². The van der Waals surface area contributed by atoms with Crippen LogP contribution >= 0.6 is 0 Å². The SMILES string of the molecule is Cc1cc(C)n(-c2ccc(C(=O)NCCNC(=O)C3CCCC3)cc2)n1. The molecule has 0 radical (unpaired) electrons. The Hall–Kier alpha value is -2.63. The maximum Gasteiger partial charge on any atom is 0.251 e. The van der Waals surface area contributed by atoms with Gasteiger partial charge in [0.25, 0.3) is 5.91 Å². The van der Waals surface area contributed by atoms with Gasteiger partial charge in [0.2, 0.25) is 5.91 Å². The summed E-state index contributed by atoms with van der Waals surface area (Å²) in [5.74, 6) is 0.138. The minimum atomic E-state index is -0.139.